The highest BCUT2D eigenvalue weighted by Crippen LogP contribution is 2.23. The summed E-state index contributed by atoms with van der Waals surface area (Å²) in [7, 11) is 0. The zero-order valence-electron chi connectivity index (χ0n) is 11.2. The molecule has 19 heavy (non-hydrogen) atoms. The van der Waals surface area contributed by atoms with Crippen molar-refractivity contribution in [2.75, 3.05) is 12.5 Å². The Morgan fingerprint density at radius 3 is 2.74 bits per heavy atom. The van der Waals surface area contributed by atoms with Crippen molar-refractivity contribution in [1.29, 1.82) is 0 Å². The number of rotatable bonds is 4. The van der Waals surface area contributed by atoms with Crippen LogP contribution in [0.3, 0.4) is 0 Å². The van der Waals surface area contributed by atoms with Crippen molar-refractivity contribution in [3.05, 3.63) is 35.9 Å². The van der Waals surface area contributed by atoms with Crippen LogP contribution in [0.1, 0.15) is 31.7 Å². The van der Waals surface area contributed by atoms with Crippen LogP contribution < -0.4 is 5.32 Å². The van der Waals surface area contributed by atoms with Crippen LogP contribution in [0.25, 0.3) is 0 Å². The highest BCUT2D eigenvalue weighted by atomic mass is 35.5. The van der Waals surface area contributed by atoms with Gasteiger partial charge in [0, 0.05) is 12.5 Å². The minimum absolute atomic E-state index is 0.0632. The number of carbonyl (C=O) groups excluding carboxylic acids is 1. The Bertz CT molecular complexity index is 417. The van der Waals surface area contributed by atoms with Crippen molar-refractivity contribution in [3.63, 3.8) is 0 Å². The second-order valence-corrected chi connectivity index (χ2v) is 5.44. The highest BCUT2D eigenvalue weighted by Gasteiger charge is 2.31. The lowest BCUT2D eigenvalue weighted by molar-refractivity contribution is -0.137. The van der Waals surface area contributed by atoms with Gasteiger partial charge in [0.2, 0.25) is 5.91 Å². The molecule has 1 aliphatic heterocycles. The Balaban J connectivity index is 2.07. The first-order valence-electron chi connectivity index (χ1n) is 6.71. The summed E-state index contributed by atoms with van der Waals surface area (Å²) in [6.45, 7) is 2.61. The molecule has 0 aliphatic carbocycles. The molecule has 3 nitrogen and oxygen atoms in total. The van der Waals surface area contributed by atoms with Crippen LogP contribution in [0.5, 0.6) is 0 Å². The monoisotopic (exact) mass is 281 g/mol. The molecule has 0 aromatic heterocycles. The fraction of sp³-hybridized carbons (Fsp3) is 0.533. The summed E-state index contributed by atoms with van der Waals surface area (Å²) in [6.07, 6.45) is 2.54. The highest BCUT2D eigenvalue weighted by molar-refractivity contribution is 6.18. The molecule has 0 radical (unpaired) electrons. The second-order valence-electron chi connectivity index (χ2n) is 5.18. The average Bonchev–Trinajstić information content (AvgIpc) is 2.49. The Kier molecular flexibility index (Phi) is 4.83. The number of benzene rings is 1. The van der Waals surface area contributed by atoms with Gasteiger partial charge in [-0.3, -0.25) is 4.79 Å². The summed E-state index contributed by atoms with van der Waals surface area (Å²) >= 11 is 6.07. The average molecular weight is 282 g/mol. The molecule has 0 spiro atoms. The maximum absolute atomic E-state index is 12.3. The molecule has 0 bridgehead atoms. The van der Waals surface area contributed by atoms with E-state index in [1.54, 1.807) is 0 Å². The third kappa shape index (κ3) is 3.48. The van der Waals surface area contributed by atoms with E-state index in [1.165, 1.54) is 0 Å². The van der Waals surface area contributed by atoms with E-state index in [1.807, 2.05) is 37.3 Å². The first-order chi connectivity index (χ1) is 9.15. The lowest BCUT2D eigenvalue weighted by Gasteiger charge is -2.32. The maximum Gasteiger partial charge on any atom is 0.249 e. The molecule has 2 atom stereocenters. The predicted octanol–water partition coefficient (Wildman–Crippen LogP) is 2.83. The topological polar surface area (TPSA) is 38.3 Å². The number of ether oxygens (including phenoxy) is 1. The molecule has 2 rings (SSSR count). The summed E-state index contributed by atoms with van der Waals surface area (Å²) in [4.78, 5) is 12.3. The van der Waals surface area contributed by atoms with Crippen LogP contribution in [-0.2, 0) is 15.1 Å². The molecule has 1 fully saturated rings. The number of hydrogen-bond donors (Lipinski definition) is 1. The first kappa shape index (κ1) is 14.4. The van der Waals surface area contributed by atoms with Crippen molar-refractivity contribution < 1.29 is 9.53 Å². The molecule has 1 aromatic carbocycles. The van der Waals surface area contributed by atoms with Crippen molar-refractivity contribution in [2.24, 2.45) is 0 Å². The number of halogens is 1. The standard InChI is InChI=1S/C15H20ClNO2/c1-15(11-16,12-7-3-2-4-8-12)17-14(18)13-9-5-6-10-19-13/h2-4,7-8,13H,5-6,9-11H2,1H3,(H,17,18). The Morgan fingerprint density at radius 1 is 1.42 bits per heavy atom. The SMILES string of the molecule is CC(CCl)(NC(=O)C1CCCCO1)c1ccccc1. The van der Waals surface area contributed by atoms with Crippen LogP contribution in [0.15, 0.2) is 30.3 Å². The molecule has 104 valence electrons. The third-order valence-corrected chi connectivity index (χ3v) is 4.08. The third-order valence-electron chi connectivity index (χ3n) is 3.55. The molecular weight excluding hydrogens is 262 g/mol. The number of nitrogens with one attached hydrogen (secondary N) is 1. The maximum atomic E-state index is 12.3. The van der Waals surface area contributed by atoms with Gasteiger partial charge in [0.25, 0.3) is 0 Å². The molecule has 1 amide bonds. The van der Waals surface area contributed by atoms with E-state index in [2.05, 4.69) is 5.32 Å². The van der Waals surface area contributed by atoms with Gasteiger partial charge in [0.05, 0.1) is 5.54 Å². The smallest absolute Gasteiger partial charge is 0.249 e. The van der Waals surface area contributed by atoms with Crippen molar-refractivity contribution in [1.82, 2.24) is 5.32 Å². The summed E-state index contributed by atoms with van der Waals surface area (Å²) < 4.78 is 5.51. The summed E-state index contributed by atoms with van der Waals surface area (Å²) in [5.41, 5.74) is 0.454. The molecule has 0 saturated carbocycles. The van der Waals surface area contributed by atoms with Gasteiger partial charge in [-0.1, -0.05) is 30.3 Å². The fourth-order valence-corrected chi connectivity index (χ4v) is 2.51. The second kappa shape index (κ2) is 6.40. The van der Waals surface area contributed by atoms with Gasteiger partial charge < -0.3 is 10.1 Å². The summed E-state index contributed by atoms with van der Waals surface area (Å²) in [6, 6.07) is 9.80. The van der Waals surface area contributed by atoms with Gasteiger partial charge in [-0.15, -0.1) is 11.6 Å². The summed E-state index contributed by atoms with van der Waals surface area (Å²) in [5, 5.41) is 3.03. The molecule has 1 N–H and O–H groups in total. The van der Waals surface area contributed by atoms with Crippen LogP contribution in [0, 0.1) is 0 Å². The van der Waals surface area contributed by atoms with Gasteiger partial charge in [0.15, 0.2) is 0 Å². The number of hydrogen-bond acceptors (Lipinski definition) is 2. The first-order valence-corrected chi connectivity index (χ1v) is 7.24. The van der Waals surface area contributed by atoms with Gasteiger partial charge in [0.1, 0.15) is 6.10 Å². The molecule has 4 heteroatoms. The Hall–Kier alpha value is -1.06. The zero-order valence-corrected chi connectivity index (χ0v) is 12.0. The van der Waals surface area contributed by atoms with E-state index in [0.29, 0.717) is 12.5 Å². The van der Waals surface area contributed by atoms with E-state index >= 15 is 0 Å². The van der Waals surface area contributed by atoms with E-state index in [9.17, 15) is 4.79 Å². The van der Waals surface area contributed by atoms with E-state index in [-0.39, 0.29) is 12.0 Å². The van der Waals surface area contributed by atoms with Gasteiger partial charge in [-0.25, -0.2) is 0 Å². The minimum atomic E-state index is -0.555. The predicted molar refractivity (Wildman–Crippen MR) is 76.2 cm³/mol. The lowest BCUT2D eigenvalue weighted by atomic mass is 9.93. The molecular formula is C15H20ClNO2. The van der Waals surface area contributed by atoms with Gasteiger partial charge in [-0.2, -0.15) is 0 Å². The fourth-order valence-electron chi connectivity index (χ4n) is 2.29. The molecule has 1 aliphatic rings. The minimum Gasteiger partial charge on any atom is -0.368 e. The Labute approximate surface area is 119 Å². The van der Waals surface area contributed by atoms with Crippen LogP contribution in [-0.4, -0.2) is 24.5 Å². The van der Waals surface area contributed by atoms with E-state index < -0.39 is 5.54 Å². The van der Waals surface area contributed by atoms with E-state index in [0.717, 1.165) is 24.8 Å². The number of amides is 1. The molecule has 2 unspecified atom stereocenters. The quantitative estimate of drug-likeness (QED) is 0.862. The normalized spacial score (nSPS) is 22.5. The van der Waals surface area contributed by atoms with Crippen LogP contribution in [0.2, 0.25) is 0 Å². The number of alkyl halides is 1. The zero-order chi connectivity index (χ0) is 13.7. The lowest BCUT2D eigenvalue weighted by Crippen LogP contribution is -2.50. The van der Waals surface area contributed by atoms with Crippen molar-refractivity contribution >= 4 is 17.5 Å². The van der Waals surface area contributed by atoms with Crippen molar-refractivity contribution in [3.8, 4) is 0 Å². The molecule has 1 saturated heterocycles. The Morgan fingerprint density at radius 2 is 2.16 bits per heavy atom. The molecule has 1 aromatic rings. The van der Waals surface area contributed by atoms with Crippen LogP contribution in [0.4, 0.5) is 0 Å². The van der Waals surface area contributed by atoms with E-state index in [4.69, 9.17) is 16.3 Å². The largest absolute Gasteiger partial charge is 0.368 e. The number of carbonyl (C=O) groups is 1. The van der Waals surface area contributed by atoms with Crippen molar-refractivity contribution in [2.45, 2.75) is 37.8 Å². The van der Waals surface area contributed by atoms with Crippen LogP contribution >= 0.6 is 11.6 Å². The van der Waals surface area contributed by atoms with Gasteiger partial charge in [-0.05, 0) is 31.7 Å². The molecule has 1 heterocycles. The van der Waals surface area contributed by atoms with Gasteiger partial charge >= 0.3 is 0 Å². The summed E-state index contributed by atoms with van der Waals surface area (Å²) in [5.74, 6) is 0.266.